The van der Waals surface area contributed by atoms with Gasteiger partial charge in [-0.05, 0) is 86.4 Å². The van der Waals surface area contributed by atoms with Crippen molar-refractivity contribution in [2.75, 3.05) is 26.7 Å². The molecule has 0 bridgehead atoms. The van der Waals surface area contributed by atoms with Crippen LogP contribution in [0.25, 0.3) is 0 Å². The SMILES string of the molecule is COC(=O)c1cccc(C2CCN([C@@H]3CC[C@@](C(=O)N4CCc5ncc(C(F)(F)F)cc5C4)(C(C)C)C3)CC2)c1. The molecule has 2 fully saturated rings. The first-order valence-corrected chi connectivity index (χ1v) is 14.3. The first-order valence-electron chi connectivity index (χ1n) is 14.3. The Bertz CT molecular complexity index is 1260. The second kappa shape index (κ2) is 11.1. The largest absolute Gasteiger partial charge is 0.465 e. The second-order valence-electron chi connectivity index (χ2n) is 11.9. The van der Waals surface area contributed by atoms with Crippen LogP contribution in [0.1, 0.15) is 84.6 Å². The highest BCUT2D eigenvalue weighted by molar-refractivity contribution is 5.89. The van der Waals surface area contributed by atoms with Crippen molar-refractivity contribution in [1.29, 1.82) is 0 Å². The third-order valence-electron chi connectivity index (χ3n) is 9.53. The van der Waals surface area contributed by atoms with Crippen LogP contribution in [0.4, 0.5) is 13.2 Å². The summed E-state index contributed by atoms with van der Waals surface area (Å²) in [5.41, 5.74) is 1.61. The molecule has 1 aromatic heterocycles. The summed E-state index contributed by atoms with van der Waals surface area (Å²) in [4.78, 5) is 34.4. The molecule has 1 aliphatic carbocycles. The normalized spacial score (nSPS) is 24.3. The average molecular weight is 558 g/mol. The lowest BCUT2D eigenvalue weighted by molar-refractivity contribution is -0.146. The average Bonchev–Trinajstić information content (AvgIpc) is 3.42. The van der Waals surface area contributed by atoms with Gasteiger partial charge in [0.15, 0.2) is 0 Å². The van der Waals surface area contributed by atoms with Crippen LogP contribution in [0.5, 0.6) is 0 Å². The highest BCUT2D eigenvalue weighted by atomic mass is 19.4. The molecule has 216 valence electrons. The Hall–Kier alpha value is -2.94. The van der Waals surface area contributed by atoms with Gasteiger partial charge in [0.25, 0.3) is 0 Å². The number of amides is 1. The van der Waals surface area contributed by atoms with Crippen LogP contribution in [-0.2, 0) is 28.7 Å². The van der Waals surface area contributed by atoms with Crippen LogP contribution in [0.15, 0.2) is 36.5 Å². The molecular formula is C31H38F3N3O3. The molecule has 1 saturated carbocycles. The van der Waals surface area contributed by atoms with Crippen molar-refractivity contribution in [2.45, 2.75) is 77.1 Å². The fourth-order valence-electron chi connectivity index (χ4n) is 7.03. The van der Waals surface area contributed by atoms with E-state index in [1.54, 1.807) is 11.0 Å². The zero-order chi connectivity index (χ0) is 28.7. The number of esters is 1. The molecule has 3 heterocycles. The van der Waals surface area contributed by atoms with Crippen molar-refractivity contribution in [3.8, 4) is 0 Å². The molecule has 0 unspecified atom stereocenters. The predicted octanol–water partition coefficient (Wildman–Crippen LogP) is 5.85. The lowest BCUT2D eigenvalue weighted by atomic mass is 9.73. The van der Waals surface area contributed by atoms with E-state index in [0.29, 0.717) is 41.7 Å². The van der Waals surface area contributed by atoms with E-state index >= 15 is 0 Å². The molecule has 0 N–H and O–H groups in total. The van der Waals surface area contributed by atoms with Crippen LogP contribution in [-0.4, -0.2) is 59.4 Å². The molecule has 1 aromatic carbocycles. The second-order valence-corrected chi connectivity index (χ2v) is 11.9. The van der Waals surface area contributed by atoms with E-state index < -0.39 is 17.2 Å². The van der Waals surface area contributed by atoms with Crippen LogP contribution < -0.4 is 0 Å². The molecule has 1 saturated heterocycles. The van der Waals surface area contributed by atoms with E-state index in [1.807, 2.05) is 12.1 Å². The number of aromatic nitrogens is 1. The van der Waals surface area contributed by atoms with Crippen LogP contribution >= 0.6 is 0 Å². The third kappa shape index (κ3) is 5.49. The van der Waals surface area contributed by atoms with Crippen molar-refractivity contribution in [2.24, 2.45) is 11.3 Å². The molecule has 40 heavy (non-hydrogen) atoms. The number of hydrogen-bond donors (Lipinski definition) is 0. The van der Waals surface area contributed by atoms with Gasteiger partial charge < -0.3 is 14.5 Å². The maximum atomic E-state index is 14.1. The van der Waals surface area contributed by atoms with E-state index in [-0.39, 0.29) is 24.3 Å². The Kier molecular flexibility index (Phi) is 7.97. The van der Waals surface area contributed by atoms with Gasteiger partial charge in [-0.1, -0.05) is 26.0 Å². The number of benzene rings is 1. The first kappa shape index (κ1) is 28.6. The maximum Gasteiger partial charge on any atom is 0.417 e. The van der Waals surface area contributed by atoms with Crippen molar-refractivity contribution >= 4 is 11.9 Å². The van der Waals surface area contributed by atoms with Gasteiger partial charge in [0.1, 0.15) is 0 Å². The number of halogens is 3. The molecule has 9 heteroatoms. The smallest absolute Gasteiger partial charge is 0.417 e. The number of alkyl halides is 3. The zero-order valence-electron chi connectivity index (χ0n) is 23.5. The summed E-state index contributed by atoms with van der Waals surface area (Å²) in [6.07, 6.45) is 1.40. The van der Waals surface area contributed by atoms with E-state index in [1.165, 1.54) is 7.11 Å². The Balaban J connectivity index is 1.24. The van der Waals surface area contributed by atoms with Crippen molar-refractivity contribution in [3.05, 3.63) is 64.5 Å². The number of rotatable bonds is 5. The number of methoxy groups -OCH3 is 1. The van der Waals surface area contributed by atoms with Gasteiger partial charge in [-0.15, -0.1) is 0 Å². The lowest BCUT2D eigenvalue weighted by Gasteiger charge is -2.41. The molecule has 0 radical (unpaired) electrons. The Morgan fingerprint density at radius 2 is 1.85 bits per heavy atom. The third-order valence-corrected chi connectivity index (χ3v) is 9.53. The number of hydrogen-bond acceptors (Lipinski definition) is 5. The number of carbonyl (C=O) groups is 2. The van der Waals surface area contributed by atoms with Gasteiger partial charge in [-0.25, -0.2) is 4.79 Å². The summed E-state index contributed by atoms with van der Waals surface area (Å²) in [7, 11) is 1.39. The number of piperidine rings is 1. The van der Waals surface area contributed by atoms with E-state index in [2.05, 4.69) is 29.8 Å². The number of ether oxygens (including phenoxy) is 1. The first-order chi connectivity index (χ1) is 19.0. The molecule has 5 rings (SSSR count). The lowest BCUT2D eigenvalue weighted by Crippen LogP contribution is -2.49. The zero-order valence-corrected chi connectivity index (χ0v) is 23.5. The Labute approximate surface area is 233 Å². The van der Waals surface area contributed by atoms with Crippen molar-refractivity contribution in [3.63, 3.8) is 0 Å². The van der Waals surface area contributed by atoms with Gasteiger partial charge in [0, 0.05) is 37.4 Å². The van der Waals surface area contributed by atoms with Gasteiger partial charge in [-0.2, -0.15) is 13.2 Å². The summed E-state index contributed by atoms with van der Waals surface area (Å²) < 4.78 is 44.7. The number of carbonyl (C=O) groups excluding carboxylic acids is 2. The summed E-state index contributed by atoms with van der Waals surface area (Å²) in [5.74, 6) is 0.253. The molecule has 0 spiro atoms. The number of nitrogens with zero attached hydrogens (tertiary/aromatic N) is 3. The van der Waals surface area contributed by atoms with E-state index in [4.69, 9.17) is 4.74 Å². The van der Waals surface area contributed by atoms with Crippen molar-refractivity contribution in [1.82, 2.24) is 14.8 Å². The molecular weight excluding hydrogens is 519 g/mol. The van der Waals surface area contributed by atoms with Crippen LogP contribution in [0.3, 0.4) is 0 Å². The molecule has 1 amide bonds. The molecule has 2 aliphatic heterocycles. The minimum absolute atomic E-state index is 0.0718. The molecule has 6 nitrogen and oxygen atoms in total. The predicted molar refractivity (Wildman–Crippen MR) is 145 cm³/mol. The fraction of sp³-hybridized carbons (Fsp3) is 0.581. The number of likely N-dealkylation sites (tertiary alicyclic amines) is 1. The fourth-order valence-corrected chi connectivity index (χ4v) is 7.03. The minimum atomic E-state index is -4.45. The van der Waals surface area contributed by atoms with Crippen LogP contribution in [0.2, 0.25) is 0 Å². The quantitative estimate of drug-likeness (QED) is 0.432. The van der Waals surface area contributed by atoms with E-state index in [9.17, 15) is 22.8 Å². The number of fused-ring (bicyclic) bond motifs is 1. The van der Waals surface area contributed by atoms with Gasteiger partial charge in [0.2, 0.25) is 5.91 Å². The Morgan fingerprint density at radius 1 is 1.10 bits per heavy atom. The van der Waals surface area contributed by atoms with E-state index in [0.717, 1.165) is 63.0 Å². The topological polar surface area (TPSA) is 62.7 Å². The highest BCUT2D eigenvalue weighted by Gasteiger charge is 2.51. The highest BCUT2D eigenvalue weighted by Crippen LogP contribution is 2.48. The van der Waals surface area contributed by atoms with Gasteiger partial charge in [-0.3, -0.25) is 9.78 Å². The van der Waals surface area contributed by atoms with Crippen molar-refractivity contribution < 1.29 is 27.5 Å². The summed E-state index contributed by atoms with van der Waals surface area (Å²) in [6, 6.07) is 9.17. The molecule has 2 atom stereocenters. The summed E-state index contributed by atoms with van der Waals surface area (Å²) >= 11 is 0. The molecule has 3 aliphatic rings. The van der Waals surface area contributed by atoms with Crippen LogP contribution in [0, 0.1) is 11.3 Å². The number of pyridine rings is 1. The van der Waals surface area contributed by atoms with Gasteiger partial charge in [0.05, 0.1) is 23.7 Å². The molecule has 2 aromatic rings. The summed E-state index contributed by atoms with van der Waals surface area (Å²) in [6.45, 7) is 6.73. The minimum Gasteiger partial charge on any atom is -0.465 e. The monoisotopic (exact) mass is 557 g/mol. The van der Waals surface area contributed by atoms with Gasteiger partial charge >= 0.3 is 12.1 Å². The standard InChI is InChI=1S/C31H38F3N3O3/c1-20(2)30(29(39)37-14-10-27-24(19-37)16-25(18-35-27)31(32,33)34)11-7-26(17-30)36-12-8-21(9-13-36)22-5-4-6-23(15-22)28(38)40-3/h4-6,15-16,18,20-21,26H,7-14,17,19H2,1-3H3/t26-,30+/m1/s1. The summed E-state index contributed by atoms with van der Waals surface area (Å²) in [5, 5.41) is 0. The maximum absolute atomic E-state index is 14.1. The Morgan fingerprint density at radius 3 is 2.52 bits per heavy atom.